The maximum atomic E-state index is 11.7. The second kappa shape index (κ2) is 7.46. The zero-order valence-corrected chi connectivity index (χ0v) is 15.2. The largest absolute Gasteiger partial charge is 0.426 e. The van der Waals surface area contributed by atoms with Crippen molar-refractivity contribution in [1.29, 1.82) is 0 Å². The highest BCUT2D eigenvalue weighted by atomic mass is 16.5. The van der Waals surface area contributed by atoms with E-state index in [2.05, 4.69) is 48.5 Å². The number of benzene rings is 4. The van der Waals surface area contributed by atoms with E-state index in [4.69, 9.17) is 4.74 Å². The minimum Gasteiger partial charge on any atom is -0.426 e. The predicted octanol–water partition coefficient (Wildman–Crippen LogP) is 6.14. The number of hydrogen-bond acceptors (Lipinski definition) is 2. The van der Waals surface area contributed by atoms with Crippen LogP contribution in [-0.4, -0.2) is 5.97 Å². The van der Waals surface area contributed by atoms with Crippen LogP contribution in [0.15, 0.2) is 91.0 Å². The maximum Gasteiger partial charge on any atom is 0.308 e. The third-order valence-corrected chi connectivity index (χ3v) is 4.70. The van der Waals surface area contributed by atoms with Crippen LogP contribution in [0.3, 0.4) is 0 Å². The molecular formula is C25H20O2. The summed E-state index contributed by atoms with van der Waals surface area (Å²) in [7, 11) is 0. The summed E-state index contributed by atoms with van der Waals surface area (Å²) in [4.78, 5) is 11.7. The minimum absolute atomic E-state index is 0.313. The molecule has 2 heteroatoms. The Balaban J connectivity index is 1.79. The maximum absolute atomic E-state index is 11.7. The van der Waals surface area contributed by atoms with Crippen molar-refractivity contribution in [1.82, 2.24) is 0 Å². The summed E-state index contributed by atoms with van der Waals surface area (Å²) in [5.41, 5.74) is 2.14. The van der Waals surface area contributed by atoms with Gasteiger partial charge in [0.2, 0.25) is 0 Å². The van der Waals surface area contributed by atoms with E-state index < -0.39 is 0 Å². The Bertz CT molecular complexity index is 1140. The van der Waals surface area contributed by atoms with Crippen molar-refractivity contribution >= 4 is 33.3 Å². The summed E-state index contributed by atoms with van der Waals surface area (Å²) < 4.78 is 5.60. The van der Waals surface area contributed by atoms with Gasteiger partial charge in [-0.15, -0.1) is 0 Å². The molecule has 0 radical (unpaired) electrons. The highest BCUT2D eigenvalue weighted by Gasteiger charge is 2.10. The zero-order chi connectivity index (χ0) is 18.6. The molecule has 0 unspecified atom stereocenters. The van der Waals surface area contributed by atoms with Crippen LogP contribution in [0.5, 0.6) is 0 Å². The number of rotatable bonds is 4. The van der Waals surface area contributed by atoms with E-state index in [0.29, 0.717) is 12.2 Å². The molecule has 0 heterocycles. The van der Waals surface area contributed by atoms with Gasteiger partial charge in [-0.25, -0.2) is 0 Å². The summed E-state index contributed by atoms with van der Waals surface area (Å²) in [6.07, 6.45) is 2.69. The molecule has 0 aliphatic carbocycles. The van der Waals surface area contributed by atoms with Crippen molar-refractivity contribution in [2.24, 2.45) is 0 Å². The van der Waals surface area contributed by atoms with Gasteiger partial charge in [0.15, 0.2) is 0 Å². The van der Waals surface area contributed by atoms with Crippen LogP contribution in [0, 0.1) is 0 Å². The second-order valence-corrected chi connectivity index (χ2v) is 6.53. The Morgan fingerprint density at radius 2 is 1.37 bits per heavy atom. The van der Waals surface area contributed by atoms with Crippen molar-refractivity contribution < 1.29 is 9.53 Å². The highest BCUT2D eigenvalue weighted by Crippen LogP contribution is 2.27. The number of ether oxygens (including phenoxy) is 1. The molecule has 4 rings (SSSR count). The van der Waals surface area contributed by atoms with E-state index in [1.165, 1.54) is 23.3 Å². The van der Waals surface area contributed by atoms with E-state index in [9.17, 15) is 4.79 Å². The number of allylic oxidation sites excluding steroid dienone is 1. The average Bonchev–Trinajstić information content (AvgIpc) is 2.70. The molecule has 2 nitrogen and oxygen atoms in total. The molecule has 0 spiro atoms. The summed E-state index contributed by atoms with van der Waals surface area (Å²) in [6, 6.07) is 28.8. The molecule has 0 aliphatic heterocycles. The monoisotopic (exact) mass is 352 g/mol. The standard InChI is InChI=1S/C25H20O2/c1-18(26)27-25(24-15-7-12-20-9-3-5-14-23(20)24)17-16-21-11-6-10-19-8-2-4-13-22(19)21/h2-15,17H,16H2,1H3. The first-order valence-electron chi connectivity index (χ1n) is 9.06. The normalized spacial score (nSPS) is 11.7. The Kier molecular flexibility index (Phi) is 4.71. The van der Waals surface area contributed by atoms with E-state index in [-0.39, 0.29) is 5.97 Å². The molecule has 0 aliphatic rings. The van der Waals surface area contributed by atoms with Gasteiger partial charge in [-0.3, -0.25) is 4.79 Å². The minimum atomic E-state index is -0.313. The molecule has 27 heavy (non-hydrogen) atoms. The lowest BCUT2D eigenvalue weighted by molar-refractivity contribution is -0.134. The SMILES string of the molecule is CC(=O)OC(=CCc1cccc2ccccc12)c1cccc2ccccc12. The molecule has 0 N–H and O–H groups in total. The van der Waals surface area contributed by atoms with Crippen LogP contribution in [0.2, 0.25) is 0 Å². The fourth-order valence-corrected chi connectivity index (χ4v) is 3.47. The van der Waals surface area contributed by atoms with Crippen molar-refractivity contribution in [2.45, 2.75) is 13.3 Å². The number of hydrogen-bond donors (Lipinski definition) is 0. The number of carbonyl (C=O) groups is 1. The van der Waals surface area contributed by atoms with Crippen LogP contribution in [-0.2, 0) is 16.0 Å². The first kappa shape index (κ1) is 17.0. The fourth-order valence-electron chi connectivity index (χ4n) is 3.47. The molecule has 0 amide bonds. The molecule has 0 aromatic heterocycles. The Morgan fingerprint density at radius 3 is 2.11 bits per heavy atom. The average molecular weight is 352 g/mol. The Morgan fingerprint density at radius 1 is 0.778 bits per heavy atom. The number of esters is 1. The summed E-state index contributed by atoms with van der Waals surface area (Å²) >= 11 is 0. The van der Waals surface area contributed by atoms with Gasteiger partial charge in [0, 0.05) is 12.5 Å². The molecule has 4 aromatic carbocycles. The van der Waals surface area contributed by atoms with Crippen LogP contribution in [0.4, 0.5) is 0 Å². The third kappa shape index (κ3) is 3.61. The van der Waals surface area contributed by atoms with E-state index in [1.54, 1.807) is 0 Å². The Labute approximate surface area is 158 Å². The van der Waals surface area contributed by atoms with Crippen LogP contribution >= 0.6 is 0 Å². The summed E-state index contributed by atoms with van der Waals surface area (Å²) in [5, 5.41) is 4.63. The van der Waals surface area contributed by atoms with Crippen molar-refractivity contribution in [3.05, 3.63) is 102 Å². The third-order valence-electron chi connectivity index (χ3n) is 4.70. The lowest BCUT2D eigenvalue weighted by Gasteiger charge is -2.11. The van der Waals surface area contributed by atoms with Gasteiger partial charge < -0.3 is 4.74 Å². The summed E-state index contributed by atoms with van der Waals surface area (Å²) in [5.74, 6) is 0.291. The molecule has 0 saturated heterocycles. The molecule has 0 fully saturated rings. The molecular weight excluding hydrogens is 332 g/mol. The fraction of sp³-hybridized carbons (Fsp3) is 0.0800. The molecule has 132 valence electrons. The van der Waals surface area contributed by atoms with Gasteiger partial charge in [0.1, 0.15) is 5.76 Å². The van der Waals surface area contributed by atoms with Crippen LogP contribution in [0.1, 0.15) is 18.1 Å². The Hall–Kier alpha value is -3.39. The van der Waals surface area contributed by atoms with Crippen molar-refractivity contribution in [3.8, 4) is 0 Å². The summed E-state index contributed by atoms with van der Waals surface area (Å²) in [6.45, 7) is 1.44. The van der Waals surface area contributed by atoms with Gasteiger partial charge in [0.25, 0.3) is 0 Å². The first-order chi connectivity index (χ1) is 13.2. The van der Waals surface area contributed by atoms with Gasteiger partial charge >= 0.3 is 5.97 Å². The van der Waals surface area contributed by atoms with Gasteiger partial charge in [0.05, 0.1) is 0 Å². The zero-order valence-electron chi connectivity index (χ0n) is 15.2. The van der Waals surface area contributed by atoms with E-state index in [0.717, 1.165) is 16.3 Å². The molecule has 0 bridgehead atoms. The van der Waals surface area contributed by atoms with Crippen LogP contribution in [0.25, 0.3) is 27.3 Å². The predicted molar refractivity (Wildman–Crippen MR) is 111 cm³/mol. The second-order valence-electron chi connectivity index (χ2n) is 6.53. The van der Waals surface area contributed by atoms with E-state index >= 15 is 0 Å². The van der Waals surface area contributed by atoms with E-state index in [1.807, 2.05) is 42.5 Å². The quantitative estimate of drug-likeness (QED) is 0.326. The van der Waals surface area contributed by atoms with Crippen LogP contribution < -0.4 is 0 Å². The van der Waals surface area contributed by atoms with Gasteiger partial charge in [-0.2, -0.15) is 0 Å². The lowest BCUT2D eigenvalue weighted by atomic mass is 9.99. The molecule has 0 saturated carbocycles. The van der Waals surface area contributed by atoms with Crippen molar-refractivity contribution in [3.63, 3.8) is 0 Å². The topological polar surface area (TPSA) is 26.3 Å². The number of fused-ring (bicyclic) bond motifs is 2. The first-order valence-corrected chi connectivity index (χ1v) is 9.06. The van der Waals surface area contributed by atoms with Gasteiger partial charge in [-0.1, -0.05) is 84.9 Å². The van der Waals surface area contributed by atoms with Crippen molar-refractivity contribution in [2.75, 3.05) is 0 Å². The molecule has 4 aromatic rings. The number of carbonyl (C=O) groups excluding carboxylic acids is 1. The van der Waals surface area contributed by atoms with Gasteiger partial charge in [-0.05, 0) is 39.6 Å². The highest BCUT2D eigenvalue weighted by molar-refractivity contribution is 5.94. The lowest BCUT2D eigenvalue weighted by Crippen LogP contribution is -2.00. The molecule has 0 atom stereocenters. The smallest absolute Gasteiger partial charge is 0.308 e.